The van der Waals surface area contributed by atoms with Crippen LogP contribution in [0.4, 0.5) is 0 Å². The van der Waals surface area contributed by atoms with Gasteiger partial charge in [-0.25, -0.2) is 0 Å². The number of thiophene rings is 1. The average molecular weight is 304 g/mol. The second-order valence-corrected chi connectivity index (χ2v) is 6.51. The normalized spacial score (nSPS) is 30.6. The summed E-state index contributed by atoms with van der Waals surface area (Å²) >= 11 is 5.26. The van der Waals surface area contributed by atoms with Gasteiger partial charge in [0.2, 0.25) is 0 Å². The van der Waals surface area contributed by atoms with E-state index in [0.29, 0.717) is 6.04 Å². The standard InChI is InChI=1S/C12H18BrNOS/c1-14-9-2-5-12(15,6-3-9)8-11-10(13)4-7-16-11/h4,7,9,14-15H,2-3,5-6,8H2,1H3. The van der Waals surface area contributed by atoms with Crippen molar-refractivity contribution < 1.29 is 5.11 Å². The van der Waals surface area contributed by atoms with Gasteiger partial charge in [0.15, 0.2) is 0 Å². The number of hydrogen-bond donors (Lipinski definition) is 2. The third-order valence-electron chi connectivity index (χ3n) is 3.51. The second kappa shape index (κ2) is 5.17. The minimum atomic E-state index is -0.485. The van der Waals surface area contributed by atoms with Crippen molar-refractivity contribution in [2.45, 2.75) is 43.7 Å². The number of halogens is 1. The molecule has 90 valence electrons. The van der Waals surface area contributed by atoms with E-state index < -0.39 is 5.60 Å². The third kappa shape index (κ3) is 2.86. The Morgan fingerprint density at radius 1 is 1.56 bits per heavy atom. The Labute approximate surface area is 109 Å². The molecule has 16 heavy (non-hydrogen) atoms. The number of rotatable bonds is 3. The molecule has 1 heterocycles. The van der Waals surface area contributed by atoms with E-state index in [1.165, 1.54) is 4.88 Å². The van der Waals surface area contributed by atoms with Gasteiger partial charge in [-0.05, 0) is 60.1 Å². The molecule has 4 heteroatoms. The summed E-state index contributed by atoms with van der Waals surface area (Å²) in [4.78, 5) is 1.27. The highest BCUT2D eigenvalue weighted by Crippen LogP contribution is 2.35. The molecule has 1 aliphatic carbocycles. The first-order valence-electron chi connectivity index (χ1n) is 5.74. The largest absolute Gasteiger partial charge is 0.390 e. The molecular weight excluding hydrogens is 286 g/mol. The molecule has 0 unspecified atom stereocenters. The Morgan fingerprint density at radius 3 is 2.75 bits per heavy atom. The SMILES string of the molecule is CNC1CCC(O)(Cc2sccc2Br)CC1. The van der Waals surface area contributed by atoms with Crippen LogP contribution in [0, 0.1) is 0 Å². The van der Waals surface area contributed by atoms with E-state index in [2.05, 4.69) is 32.7 Å². The van der Waals surface area contributed by atoms with E-state index in [9.17, 15) is 5.11 Å². The molecule has 1 fully saturated rings. The first kappa shape index (κ1) is 12.6. The number of nitrogens with one attached hydrogen (secondary N) is 1. The zero-order valence-corrected chi connectivity index (χ0v) is 11.9. The summed E-state index contributed by atoms with van der Waals surface area (Å²) in [5, 5.41) is 15.9. The molecule has 0 atom stereocenters. The fourth-order valence-electron chi connectivity index (χ4n) is 2.37. The van der Waals surface area contributed by atoms with Crippen LogP contribution in [0.2, 0.25) is 0 Å². The Kier molecular flexibility index (Phi) is 4.06. The van der Waals surface area contributed by atoms with Crippen molar-refractivity contribution in [1.29, 1.82) is 0 Å². The van der Waals surface area contributed by atoms with Crippen LogP contribution >= 0.6 is 27.3 Å². The zero-order chi connectivity index (χ0) is 11.6. The van der Waals surface area contributed by atoms with Gasteiger partial charge in [0, 0.05) is 21.8 Å². The summed E-state index contributed by atoms with van der Waals surface area (Å²) in [6.45, 7) is 0. The molecule has 1 saturated carbocycles. The summed E-state index contributed by atoms with van der Waals surface area (Å²) in [6.07, 6.45) is 4.76. The Morgan fingerprint density at radius 2 is 2.25 bits per heavy atom. The summed E-state index contributed by atoms with van der Waals surface area (Å²) in [7, 11) is 2.00. The van der Waals surface area contributed by atoms with E-state index >= 15 is 0 Å². The van der Waals surface area contributed by atoms with Crippen LogP contribution in [-0.4, -0.2) is 23.8 Å². The Hall–Kier alpha value is 0.100. The molecule has 0 saturated heterocycles. The van der Waals surface area contributed by atoms with Crippen LogP contribution in [-0.2, 0) is 6.42 Å². The smallest absolute Gasteiger partial charge is 0.0697 e. The van der Waals surface area contributed by atoms with Crippen LogP contribution in [0.15, 0.2) is 15.9 Å². The highest BCUT2D eigenvalue weighted by Gasteiger charge is 2.33. The van der Waals surface area contributed by atoms with Crippen molar-refractivity contribution in [3.05, 3.63) is 20.8 Å². The van der Waals surface area contributed by atoms with Gasteiger partial charge >= 0.3 is 0 Å². The molecule has 0 aliphatic heterocycles. The summed E-state index contributed by atoms with van der Waals surface area (Å²) in [6, 6.07) is 2.65. The van der Waals surface area contributed by atoms with Gasteiger partial charge in [0.1, 0.15) is 0 Å². The van der Waals surface area contributed by atoms with Gasteiger partial charge in [0.05, 0.1) is 5.60 Å². The maximum absolute atomic E-state index is 10.5. The van der Waals surface area contributed by atoms with E-state index in [1.54, 1.807) is 11.3 Å². The fraction of sp³-hybridized carbons (Fsp3) is 0.667. The molecular formula is C12H18BrNOS. The maximum Gasteiger partial charge on any atom is 0.0697 e. The van der Waals surface area contributed by atoms with E-state index in [4.69, 9.17) is 0 Å². The quantitative estimate of drug-likeness (QED) is 0.900. The van der Waals surface area contributed by atoms with Crippen molar-refractivity contribution in [2.24, 2.45) is 0 Å². The van der Waals surface area contributed by atoms with Gasteiger partial charge in [-0.1, -0.05) is 0 Å². The summed E-state index contributed by atoms with van der Waals surface area (Å²) < 4.78 is 1.14. The highest BCUT2D eigenvalue weighted by molar-refractivity contribution is 9.10. The third-order valence-corrected chi connectivity index (χ3v) is 5.43. The molecule has 0 spiro atoms. The van der Waals surface area contributed by atoms with Gasteiger partial charge < -0.3 is 10.4 Å². The highest BCUT2D eigenvalue weighted by atomic mass is 79.9. The second-order valence-electron chi connectivity index (χ2n) is 4.66. The lowest BCUT2D eigenvalue weighted by Gasteiger charge is -2.35. The number of hydrogen-bond acceptors (Lipinski definition) is 3. The molecule has 2 N–H and O–H groups in total. The molecule has 2 rings (SSSR count). The monoisotopic (exact) mass is 303 g/mol. The van der Waals surface area contributed by atoms with Crippen LogP contribution in [0.25, 0.3) is 0 Å². The van der Waals surface area contributed by atoms with Gasteiger partial charge in [0.25, 0.3) is 0 Å². The van der Waals surface area contributed by atoms with Gasteiger partial charge in [-0.2, -0.15) is 0 Å². The zero-order valence-electron chi connectivity index (χ0n) is 9.50. The topological polar surface area (TPSA) is 32.3 Å². The molecule has 2 nitrogen and oxygen atoms in total. The van der Waals surface area contributed by atoms with Crippen molar-refractivity contribution in [3.8, 4) is 0 Å². The molecule has 1 aromatic rings. The van der Waals surface area contributed by atoms with Crippen LogP contribution in [0.5, 0.6) is 0 Å². The van der Waals surface area contributed by atoms with E-state index in [-0.39, 0.29) is 0 Å². The predicted molar refractivity (Wildman–Crippen MR) is 72.0 cm³/mol. The van der Waals surface area contributed by atoms with Gasteiger partial charge in [-0.3, -0.25) is 0 Å². The Bertz CT molecular complexity index is 345. The molecule has 1 aromatic heterocycles. The van der Waals surface area contributed by atoms with Crippen molar-refractivity contribution in [2.75, 3.05) is 7.05 Å². The number of aliphatic hydroxyl groups is 1. The van der Waals surface area contributed by atoms with Gasteiger partial charge in [-0.15, -0.1) is 11.3 Å². The molecule has 0 bridgehead atoms. The molecule has 0 aromatic carbocycles. The minimum Gasteiger partial charge on any atom is -0.390 e. The van der Waals surface area contributed by atoms with E-state index in [1.807, 2.05) is 7.05 Å². The first-order valence-corrected chi connectivity index (χ1v) is 7.42. The molecule has 0 amide bonds. The lowest BCUT2D eigenvalue weighted by Crippen LogP contribution is -2.41. The lowest BCUT2D eigenvalue weighted by atomic mass is 9.80. The van der Waals surface area contributed by atoms with E-state index in [0.717, 1.165) is 36.6 Å². The average Bonchev–Trinajstić information content (AvgIpc) is 2.65. The minimum absolute atomic E-state index is 0.485. The summed E-state index contributed by atoms with van der Waals surface area (Å²) in [5.74, 6) is 0. The van der Waals surface area contributed by atoms with Crippen molar-refractivity contribution in [3.63, 3.8) is 0 Å². The predicted octanol–water partition coefficient (Wildman–Crippen LogP) is 2.95. The van der Waals surface area contributed by atoms with Crippen LogP contribution in [0.3, 0.4) is 0 Å². The van der Waals surface area contributed by atoms with Crippen LogP contribution in [0.1, 0.15) is 30.6 Å². The van der Waals surface area contributed by atoms with Crippen molar-refractivity contribution in [1.82, 2.24) is 5.32 Å². The molecule has 0 radical (unpaired) electrons. The van der Waals surface area contributed by atoms with Crippen LogP contribution < -0.4 is 5.32 Å². The fourth-order valence-corrected chi connectivity index (χ4v) is 4.00. The van der Waals surface area contributed by atoms with Crippen molar-refractivity contribution >= 4 is 27.3 Å². The summed E-state index contributed by atoms with van der Waals surface area (Å²) in [5.41, 5.74) is -0.485. The lowest BCUT2D eigenvalue weighted by molar-refractivity contribution is -0.00187. The Balaban J connectivity index is 1.97. The molecule has 1 aliphatic rings. The first-order chi connectivity index (χ1) is 7.63. The maximum atomic E-state index is 10.5.